The van der Waals surface area contributed by atoms with E-state index in [-0.39, 0.29) is 12.5 Å². The average molecular weight is 628 g/mol. The highest BCUT2D eigenvalue weighted by atomic mass is 16.7. The summed E-state index contributed by atoms with van der Waals surface area (Å²) in [5, 5.41) is 53.6. The van der Waals surface area contributed by atoms with Crippen molar-refractivity contribution in [1.82, 2.24) is 5.32 Å². The molecular formula is C35H65NO8. The van der Waals surface area contributed by atoms with E-state index in [9.17, 15) is 30.3 Å². The highest BCUT2D eigenvalue weighted by Gasteiger charge is 2.44. The fourth-order valence-electron chi connectivity index (χ4n) is 5.32. The molecule has 0 bridgehead atoms. The number of carbonyl (C=O) groups excluding carboxylic acids is 1. The van der Waals surface area contributed by atoms with Gasteiger partial charge in [0.05, 0.1) is 25.4 Å². The number of unbranched alkanes of at least 4 members (excludes halogenated alkanes) is 15. The fraction of sp³-hybridized carbons (Fsp3) is 0.857. The number of aliphatic hydroxyl groups excluding tert-OH is 5. The van der Waals surface area contributed by atoms with E-state index in [1.54, 1.807) is 6.08 Å². The third-order valence-electron chi connectivity index (χ3n) is 8.27. The standard InChI is InChI=1S/C35H65NO8/c1-3-5-7-9-11-13-14-15-17-19-21-23-25-31(39)36-28(29(38)24-22-20-18-16-12-10-8-6-4-2)27-43-35-34(42)33(41)32(40)30(26-37)44-35/h11,13,22,24,28-30,32-35,37-38,40-42H,3-10,12,14-21,23,25-27H2,1-2H3,(H,36,39)/b13-11-,24-22+. The summed E-state index contributed by atoms with van der Waals surface area (Å²) in [6, 6.07) is -0.802. The van der Waals surface area contributed by atoms with Gasteiger partial charge in [-0.2, -0.15) is 0 Å². The Hall–Kier alpha value is -1.33. The molecule has 1 aliphatic rings. The SMILES string of the molecule is CCCCC/C=C\CCCCCCCC(=O)NC(COC1OC(CO)C(O)C(O)C1O)C(O)/C=C/CCCCCCCCC. The van der Waals surface area contributed by atoms with Crippen LogP contribution in [0.3, 0.4) is 0 Å². The first-order valence-electron chi connectivity index (χ1n) is 17.6. The number of hydrogen-bond donors (Lipinski definition) is 6. The molecule has 1 aliphatic heterocycles. The Labute approximate surface area is 267 Å². The number of carbonyl (C=O) groups is 1. The zero-order valence-corrected chi connectivity index (χ0v) is 27.7. The van der Waals surface area contributed by atoms with Gasteiger partial charge in [-0.15, -0.1) is 0 Å². The second kappa shape index (κ2) is 26.8. The first-order chi connectivity index (χ1) is 21.3. The number of allylic oxidation sites excluding steroid dienone is 3. The Bertz CT molecular complexity index is 746. The molecule has 6 N–H and O–H groups in total. The van der Waals surface area contributed by atoms with Gasteiger partial charge in [0.1, 0.15) is 24.4 Å². The summed E-state index contributed by atoms with van der Waals surface area (Å²) in [6.07, 6.45) is 20.8. The molecule has 0 saturated carbocycles. The van der Waals surface area contributed by atoms with Gasteiger partial charge < -0.3 is 40.3 Å². The van der Waals surface area contributed by atoms with Gasteiger partial charge in [0.15, 0.2) is 6.29 Å². The lowest BCUT2D eigenvalue weighted by Crippen LogP contribution is -2.60. The van der Waals surface area contributed by atoms with Crippen LogP contribution in [0.4, 0.5) is 0 Å². The normalized spacial score (nSPS) is 23.8. The predicted molar refractivity (Wildman–Crippen MR) is 175 cm³/mol. The quantitative estimate of drug-likeness (QED) is 0.0537. The lowest BCUT2D eigenvalue weighted by atomic mass is 9.99. The zero-order chi connectivity index (χ0) is 32.4. The van der Waals surface area contributed by atoms with Crippen molar-refractivity contribution in [1.29, 1.82) is 0 Å². The maximum absolute atomic E-state index is 12.8. The van der Waals surface area contributed by atoms with Gasteiger partial charge in [0, 0.05) is 6.42 Å². The third-order valence-corrected chi connectivity index (χ3v) is 8.27. The van der Waals surface area contributed by atoms with Crippen molar-refractivity contribution >= 4 is 5.91 Å². The van der Waals surface area contributed by atoms with E-state index in [0.29, 0.717) is 6.42 Å². The van der Waals surface area contributed by atoms with E-state index < -0.39 is 49.5 Å². The molecule has 0 aromatic heterocycles. The summed E-state index contributed by atoms with van der Waals surface area (Å²) in [4.78, 5) is 12.8. The van der Waals surface area contributed by atoms with Crippen molar-refractivity contribution in [3.8, 4) is 0 Å². The summed E-state index contributed by atoms with van der Waals surface area (Å²) in [6.45, 7) is 3.67. The molecule has 0 radical (unpaired) electrons. The summed E-state index contributed by atoms with van der Waals surface area (Å²) in [7, 11) is 0. The molecule has 1 fully saturated rings. The Morgan fingerprint density at radius 1 is 0.750 bits per heavy atom. The zero-order valence-electron chi connectivity index (χ0n) is 27.7. The van der Waals surface area contributed by atoms with Crippen LogP contribution in [-0.4, -0.2) is 87.5 Å². The molecule has 9 heteroatoms. The van der Waals surface area contributed by atoms with Crippen LogP contribution < -0.4 is 5.32 Å². The summed E-state index contributed by atoms with van der Waals surface area (Å²) in [5.74, 6) is -0.193. The van der Waals surface area contributed by atoms with Crippen LogP contribution in [0.2, 0.25) is 0 Å². The Morgan fingerprint density at radius 3 is 1.89 bits per heavy atom. The second-order valence-electron chi connectivity index (χ2n) is 12.3. The van der Waals surface area contributed by atoms with Crippen LogP contribution in [-0.2, 0) is 14.3 Å². The van der Waals surface area contributed by atoms with E-state index in [1.807, 2.05) is 6.08 Å². The number of aliphatic hydroxyl groups is 5. The van der Waals surface area contributed by atoms with E-state index in [1.165, 1.54) is 57.8 Å². The highest BCUT2D eigenvalue weighted by molar-refractivity contribution is 5.76. The maximum Gasteiger partial charge on any atom is 0.220 e. The molecule has 0 aromatic carbocycles. The van der Waals surface area contributed by atoms with E-state index in [4.69, 9.17) is 9.47 Å². The smallest absolute Gasteiger partial charge is 0.220 e. The van der Waals surface area contributed by atoms with Gasteiger partial charge in [0.2, 0.25) is 5.91 Å². The lowest BCUT2D eigenvalue weighted by molar-refractivity contribution is -0.302. The van der Waals surface area contributed by atoms with Gasteiger partial charge in [-0.05, 0) is 44.9 Å². The van der Waals surface area contributed by atoms with Gasteiger partial charge >= 0.3 is 0 Å². The second-order valence-corrected chi connectivity index (χ2v) is 12.3. The van der Waals surface area contributed by atoms with Crippen molar-refractivity contribution in [3.05, 3.63) is 24.3 Å². The van der Waals surface area contributed by atoms with Crippen LogP contribution in [0, 0.1) is 0 Å². The molecule has 0 aromatic rings. The highest BCUT2D eigenvalue weighted by Crippen LogP contribution is 2.22. The molecule has 7 unspecified atom stereocenters. The molecule has 0 spiro atoms. The van der Waals surface area contributed by atoms with Gasteiger partial charge in [-0.3, -0.25) is 4.79 Å². The molecule has 1 heterocycles. The lowest BCUT2D eigenvalue weighted by Gasteiger charge is -2.40. The van der Waals surface area contributed by atoms with Crippen molar-refractivity contribution in [2.75, 3.05) is 13.2 Å². The molecular weight excluding hydrogens is 562 g/mol. The van der Waals surface area contributed by atoms with E-state index in [2.05, 4.69) is 31.3 Å². The van der Waals surface area contributed by atoms with Crippen LogP contribution in [0.5, 0.6) is 0 Å². The Balaban J connectivity index is 2.51. The van der Waals surface area contributed by atoms with E-state index in [0.717, 1.165) is 57.8 Å². The van der Waals surface area contributed by atoms with Gasteiger partial charge in [-0.25, -0.2) is 0 Å². The molecule has 1 saturated heterocycles. The Kier molecular flexibility index (Phi) is 24.8. The molecule has 1 rings (SSSR count). The van der Waals surface area contributed by atoms with Crippen molar-refractivity contribution in [2.45, 2.75) is 179 Å². The van der Waals surface area contributed by atoms with Crippen molar-refractivity contribution in [2.24, 2.45) is 0 Å². The molecule has 258 valence electrons. The number of amides is 1. The fourth-order valence-corrected chi connectivity index (χ4v) is 5.32. The topological polar surface area (TPSA) is 149 Å². The van der Waals surface area contributed by atoms with Crippen LogP contribution >= 0.6 is 0 Å². The summed E-state index contributed by atoms with van der Waals surface area (Å²) < 4.78 is 11.1. The molecule has 1 amide bonds. The van der Waals surface area contributed by atoms with Crippen LogP contribution in [0.15, 0.2) is 24.3 Å². The Morgan fingerprint density at radius 2 is 1.27 bits per heavy atom. The molecule has 0 aliphatic carbocycles. The van der Waals surface area contributed by atoms with Crippen molar-refractivity contribution in [3.63, 3.8) is 0 Å². The minimum Gasteiger partial charge on any atom is -0.394 e. The van der Waals surface area contributed by atoms with Crippen LogP contribution in [0.1, 0.15) is 136 Å². The number of hydrogen-bond acceptors (Lipinski definition) is 8. The van der Waals surface area contributed by atoms with E-state index >= 15 is 0 Å². The van der Waals surface area contributed by atoms with Gasteiger partial charge in [0.25, 0.3) is 0 Å². The minimum absolute atomic E-state index is 0.191. The number of rotatable bonds is 27. The predicted octanol–water partition coefficient (Wildman–Crippen LogP) is 5.21. The largest absolute Gasteiger partial charge is 0.394 e. The maximum atomic E-state index is 12.8. The molecule has 9 nitrogen and oxygen atoms in total. The summed E-state index contributed by atoms with van der Waals surface area (Å²) in [5.41, 5.74) is 0. The van der Waals surface area contributed by atoms with Crippen LogP contribution in [0.25, 0.3) is 0 Å². The number of ether oxygens (including phenoxy) is 2. The first kappa shape index (κ1) is 40.7. The molecule has 44 heavy (non-hydrogen) atoms. The summed E-state index contributed by atoms with van der Waals surface area (Å²) >= 11 is 0. The monoisotopic (exact) mass is 627 g/mol. The average Bonchev–Trinajstić information content (AvgIpc) is 3.02. The minimum atomic E-state index is -1.56. The number of nitrogens with one attached hydrogen (secondary N) is 1. The van der Waals surface area contributed by atoms with Crippen molar-refractivity contribution < 1.29 is 39.8 Å². The molecule has 7 atom stereocenters. The third kappa shape index (κ3) is 18.6. The first-order valence-corrected chi connectivity index (χ1v) is 17.6. The van der Waals surface area contributed by atoms with Gasteiger partial charge in [-0.1, -0.05) is 109 Å².